The van der Waals surface area contributed by atoms with Gasteiger partial charge in [0.2, 0.25) is 0 Å². The number of anilines is 1. The molecule has 1 aromatic carbocycles. The van der Waals surface area contributed by atoms with Crippen molar-refractivity contribution in [1.82, 2.24) is 4.98 Å². The molecular formula is C17H16ClFN2OS. The first-order valence-electron chi connectivity index (χ1n) is 7.35. The molecule has 0 N–H and O–H groups in total. The molecule has 0 bridgehead atoms. The van der Waals surface area contributed by atoms with Crippen molar-refractivity contribution in [2.45, 2.75) is 18.6 Å². The molecule has 1 aliphatic heterocycles. The number of hydrogen-bond acceptors (Lipinski definition) is 3. The molecule has 0 atom stereocenters. The smallest absolute Gasteiger partial charge is 0.277 e. The Balaban J connectivity index is 2.05. The maximum Gasteiger partial charge on any atom is 0.277 e. The molecule has 0 radical (unpaired) electrons. The number of pyridine rings is 1. The van der Waals surface area contributed by atoms with E-state index in [2.05, 4.69) is 4.98 Å². The quantitative estimate of drug-likeness (QED) is 0.826. The standard InChI is InChI=1S/C17H16ClFN2OS/c1-23-10-12-4-2-8-20-15(12)17(22)21-9-3-5-11-6-7-13(18)14(19)16(11)21/h2,4,6-8H,3,5,9-10H2,1H3. The second-order valence-corrected chi connectivity index (χ2v) is 6.65. The number of carbonyl (C=O) groups is 1. The average molecular weight is 351 g/mol. The van der Waals surface area contributed by atoms with Gasteiger partial charge in [0.25, 0.3) is 5.91 Å². The van der Waals surface area contributed by atoms with E-state index in [4.69, 9.17) is 11.6 Å². The molecule has 1 aliphatic rings. The molecule has 0 saturated heterocycles. The van der Waals surface area contributed by atoms with Gasteiger partial charge in [-0.15, -0.1) is 0 Å². The van der Waals surface area contributed by atoms with E-state index in [1.807, 2.05) is 18.4 Å². The lowest BCUT2D eigenvalue weighted by Gasteiger charge is -2.30. The van der Waals surface area contributed by atoms with Crippen molar-refractivity contribution in [3.05, 3.63) is 58.1 Å². The van der Waals surface area contributed by atoms with Crippen LogP contribution in [0, 0.1) is 5.82 Å². The monoisotopic (exact) mass is 350 g/mol. The molecule has 3 rings (SSSR count). The van der Waals surface area contributed by atoms with Gasteiger partial charge in [0, 0.05) is 18.5 Å². The molecule has 0 spiro atoms. The Labute approximate surface area is 143 Å². The molecule has 0 fully saturated rings. The number of aryl methyl sites for hydroxylation is 1. The van der Waals surface area contributed by atoms with Gasteiger partial charge in [0.15, 0.2) is 5.82 Å². The molecule has 1 amide bonds. The fraction of sp³-hybridized carbons (Fsp3) is 0.294. The number of carbonyl (C=O) groups excluding carboxylic acids is 1. The van der Waals surface area contributed by atoms with Gasteiger partial charge in [-0.1, -0.05) is 23.7 Å². The Bertz CT molecular complexity index is 753. The predicted molar refractivity (Wildman–Crippen MR) is 92.9 cm³/mol. The number of halogens is 2. The zero-order chi connectivity index (χ0) is 16.4. The van der Waals surface area contributed by atoms with Gasteiger partial charge in [0.1, 0.15) is 5.69 Å². The maximum absolute atomic E-state index is 14.5. The van der Waals surface area contributed by atoms with Crippen LogP contribution >= 0.6 is 23.4 Å². The summed E-state index contributed by atoms with van der Waals surface area (Å²) in [5.41, 5.74) is 2.36. The van der Waals surface area contributed by atoms with Crippen LogP contribution in [0.15, 0.2) is 30.5 Å². The van der Waals surface area contributed by atoms with Crippen molar-refractivity contribution in [2.24, 2.45) is 0 Å². The lowest BCUT2D eigenvalue weighted by molar-refractivity contribution is 0.0978. The number of aromatic nitrogens is 1. The molecule has 3 nitrogen and oxygen atoms in total. The van der Waals surface area contributed by atoms with Crippen molar-refractivity contribution in [2.75, 3.05) is 17.7 Å². The van der Waals surface area contributed by atoms with Gasteiger partial charge in [0.05, 0.1) is 10.7 Å². The topological polar surface area (TPSA) is 33.2 Å². The first-order valence-corrected chi connectivity index (χ1v) is 9.12. The summed E-state index contributed by atoms with van der Waals surface area (Å²) in [6.07, 6.45) is 5.10. The fourth-order valence-corrected chi connectivity index (χ4v) is 3.54. The van der Waals surface area contributed by atoms with Crippen LogP contribution in [0.1, 0.15) is 28.0 Å². The number of fused-ring (bicyclic) bond motifs is 1. The Morgan fingerprint density at radius 2 is 2.26 bits per heavy atom. The van der Waals surface area contributed by atoms with Gasteiger partial charge in [-0.2, -0.15) is 11.8 Å². The van der Waals surface area contributed by atoms with Crippen LogP contribution in [0.25, 0.3) is 0 Å². The predicted octanol–water partition coefficient (Wildman–Crippen LogP) is 4.33. The third-order valence-electron chi connectivity index (χ3n) is 3.89. The van der Waals surface area contributed by atoms with E-state index in [1.54, 1.807) is 30.1 Å². The summed E-state index contributed by atoms with van der Waals surface area (Å²) in [7, 11) is 0. The van der Waals surface area contributed by atoms with Crippen LogP contribution in [-0.2, 0) is 12.2 Å². The van der Waals surface area contributed by atoms with Crippen LogP contribution < -0.4 is 4.90 Å². The number of amides is 1. The van der Waals surface area contributed by atoms with Gasteiger partial charge in [-0.25, -0.2) is 4.39 Å². The first kappa shape index (κ1) is 16.3. The molecule has 0 aliphatic carbocycles. The summed E-state index contributed by atoms with van der Waals surface area (Å²) in [5.74, 6) is -0.107. The van der Waals surface area contributed by atoms with Gasteiger partial charge in [-0.05, 0) is 42.4 Å². The zero-order valence-electron chi connectivity index (χ0n) is 12.7. The summed E-state index contributed by atoms with van der Waals surface area (Å²) in [5, 5.41) is 0.0359. The highest BCUT2D eigenvalue weighted by Gasteiger charge is 2.29. The molecule has 6 heteroatoms. The second kappa shape index (κ2) is 6.89. The minimum atomic E-state index is -0.528. The number of benzene rings is 1. The van der Waals surface area contributed by atoms with Crippen molar-refractivity contribution in [3.8, 4) is 0 Å². The highest BCUT2D eigenvalue weighted by molar-refractivity contribution is 7.97. The van der Waals surface area contributed by atoms with Gasteiger partial charge >= 0.3 is 0 Å². The van der Waals surface area contributed by atoms with Crippen molar-refractivity contribution >= 4 is 35.0 Å². The van der Waals surface area contributed by atoms with E-state index in [0.29, 0.717) is 23.7 Å². The van der Waals surface area contributed by atoms with E-state index in [-0.39, 0.29) is 10.9 Å². The molecule has 2 heterocycles. The third-order valence-corrected chi connectivity index (χ3v) is 4.78. The van der Waals surface area contributed by atoms with Crippen molar-refractivity contribution in [1.29, 1.82) is 0 Å². The van der Waals surface area contributed by atoms with Crippen molar-refractivity contribution in [3.63, 3.8) is 0 Å². The van der Waals surface area contributed by atoms with E-state index < -0.39 is 5.82 Å². The number of hydrogen-bond donors (Lipinski definition) is 0. The molecule has 2 aromatic rings. The molecule has 0 unspecified atom stereocenters. The molecule has 23 heavy (non-hydrogen) atoms. The van der Waals surface area contributed by atoms with Crippen LogP contribution in [-0.4, -0.2) is 23.7 Å². The fourth-order valence-electron chi connectivity index (χ4n) is 2.85. The van der Waals surface area contributed by atoms with E-state index in [0.717, 1.165) is 24.0 Å². The molecule has 120 valence electrons. The minimum absolute atomic E-state index is 0.0359. The number of thioether (sulfide) groups is 1. The molecular weight excluding hydrogens is 335 g/mol. The summed E-state index contributed by atoms with van der Waals surface area (Å²) in [6, 6.07) is 7.03. The van der Waals surface area contributed by atoms with Gasteiger partial charge in [-0.3, -0.25) is 9.78 Å². The van der Waals surface area contributed by atoms with Crippen LogP contribution in [0.3, 0.4) is 0 Å². The largest absolute Gasteiger partial charge is 0.304 e. The van der Waals surface area contributed by atoms with Crippen molar-refractivity contribution < 1.29 is 9.18 Å². The van der Waals surface area contributed by atoms with E-state index in [1.165, 1.54) is 4.90 Å². The normalized spacial score (nSPS) is 13.8. The van der Waals surface area contributed by atoms with Crippen LogP contribution in [0.4, 0.5) is 10.1 Å². The Kier molecular flexibility index (Phi) is 4.87. The van der Waals surface area contributed by atoms with E-state index >= 15 is 0 Å². The highest BCUT2D eigenvalue weighted by Crippen LogP contribution is 2.35. The van der Waals surface area contributed by atoms with Crippen LogP contribution in [0.5, 0.6) is 0 Å². The number of nitrogens with zero attached hydrogens (tertiary/aromatic N) is 2. The SMILES string of the molecule is CSCc1cccnc1C(=O)N1CCCc2ccc(Cl)c(F)c21. The zero-order valence-corrected chi connectivity index (χ0v) is 14.3. The second-order valence-electron chi connectivity index (χ2n) is 5.37. The minimum Gasteiger partial charge on any atom is -0.304 e. The van der Waals surface area contributed by atoms with Gasteiger partial charge < -0.3 is 4.90 Å². The Morgan fingerprint density at radius 1 is 1.43 bits per heavy atom. The summed E-state index contributed by atoms with van der Waals surface area (Å²) in [4.78, 5) is 18.7. The molecule has 0 saturated carbocycles. The number of rotatable bonds is 3. The first-order chi connectivity index (χ1) is 11.1. The lowest BCUT2D eigenvalue weighted by atomic mass is 10.0. The molecule has 1 aromatic heterocycles. The third kappa shape index (κ3) is 3.08. The Hall–Kier alpha value is -1.59. The average Bonchev–Trinajstić information content (AvgIpc) is 2.58. The lowest BCUT2D eigenvalue weighted by Crippen LogP contribution is -2.37. The highest BCUT2D eigenvalue weighted by atomic mass is 35.5. The summed E-state index contributed by atoms with van der Waals surface area (Å²) < 4.78 is 14.5. The van der Waals surface area contributed by atoms with E-state index in [9.17, 15) is 9.18 Å². The summed E-state index contributed by atoms with van der Waals surface area (Å²) in [6.45, 7) is 0.471. The maximum atomic E-state index is 14.5. The summed E-state index contributed by atoms with van der Waals surface area (Å²) >= 11 is 7.53. The van der Waals surface area contributed by atoms with Crippen LogP contribution in [0.2, 0.25) is 5.02 Å². The Morgan fingerprint density at radius 3 is 3.04 bits per heavy atom.